The van der Waals surface area contributed by atoms with Crippen LogP contribution in [0.25, 0.3) is 0 Å². The Kier molecular flexibility index (Phi) is 6.34. The van der Waals surface area contributed by atoms with Gasteiger partial charge in [0.25, 0.3) is 0 Å². The highest BCUT2D eigenvalue weighted by atomic mass is 16.6. The summed E-state index contributed by atoms with van der Waals surface area (Å²) in [6.45, 7) is 7.66. The maximum absolute atomic E-state index is 12.8. The predicted octanol–water partition coefficient (Wildman–Crippen LogP) is 3.65. The van der Waals surface area contributed by atoms with E-state index in [1.807, 2.05) is 45.9 Å². The summed E-state index contributed by atoms with van der Waals surface area (Å²) in [6.07, 6.45) is -0.150. The third-order valence-corrected chi connectivity index (χ3v) is 4.45. The summed E-state index contributed by atoms with van der Waals surface area (Å²) in [7, 11) is 0. The molecule has 1 heterocycles. The first-order chi connectivity index (χ1) is 12.2. The Morgan fingerprint density at radius 1 is 1.31 bits per heavy atom. The van der Waals surface area contributed by atoms with Gasteiger partial charge in [0.2, 0.25) is 12.5 Å². The molecular weight excluding hydrogens is 336 g/mol. The summed E-state index contributed by atoms with van der Waals surface area (Å²) < 4.78 is 5.11. The minimum atomic E-state index is -0.677. The zero-order valence-electron chi connectivity index (χ0n) is 15.7. The highest BCUT2D eigenvalue weighted by Crippen LogP contribution is 2.31. The minimum Gasteiger partial charge on any atom is -0.446 e. The Morgan fingerprint density at radius 3 is 2.46 bits per heavy atom. The van der Waals surface area contributed by atoms with Gasteiger partial charge in [0.1, 0.15) is 12.6 Å². The van der Waals surface area contributed by atoms with E-state index >= 15 is 0 Å². The second-order valence-electron chi connectivity index (χ2n) is 7.49. The van der Waals surface area contributed by atoms with E-state index in [0.29, 0.717) is 6.42 Å². The number of hydrogen-bond acceptors (Lipinski definition) is 5. The fraction of sp³-hybridized carbons (Fsp3) is 0.579. The number of aryl methyl sites for hydroxylation is 2. The van der Waals surface area contributed by atoms with E-state index in [1.54, 1.807) is 0 Å². The zero-order chi connectivity index (χ0) is 19.4. The molecule has 1 saturated heterocycles. The quantitative estimate of drug-likeness (QED) is 0.545. The molecule has 1 unspecified atom stereocenters. The topological polar surface area (TPSA) is 89.8 Å². The van der Waals surface area contributed by atoms with E-state index in [1.165, 1.54) is 0 Å². The summed E-state index contributed by atoms with van der Waals surface area (Å²) in [5, 5.41) is 10.9. The molecule has 0 spiro atoms. The van der Waals surface area contributed by atoms with Crippen LogP contribution in [0.1, 0.15) is 49.4 Å². The fourth-order valence-corrected chi connectivity index (χ4v) is 3.59. The molecule has 1 aliphatic heterocycles. The SMILES string of the molecule is Cc1cc(C)cc([C@@H]2COC(=O)N2C(=O)CC(CC(C)C)C[N+](=O)[O-])c1. The van der Waals surface area contributed by atoms with E-state index in [0.717, 1.165) is 21.6 Å². The highest BCUT2D eigenvalue weighted by molar-refractivity contribution is 5.93. The second-order valence-corrected chi connectivity index (χ2v) is 7.49. The summed E-state index contributed by atoms with van der Waals surface area (Å²) in [5.74, 6) is -0.580. The molecule has 2 amide bonds. The fourth-order valence-electron chi connectivity index (χ4n) is 3.59. The first-order valence-electron chi connectivity index (χ1n) is 8.86. The van der Waals surface area contributed by atoms with Crippen LogP contribution in [0.2, 0.25) is 0 Å². The number of nitrogens with zero attached hydrogens (tertiary/aromatic N) is 2. The van der Waals surface area contributed by atoms with Crippen molar-refractivity contribution in [3.05, 3.63) is 45.0 Å². The van der Waals surface area contributed by atoms with Crippen LogP contribution in [0.15, 0.2) is 18.2 Å². The number of imide groups is 1. The Balaban J connectivity index is 2.20. The lowest BCUT2D eigenvalue weighted by Crippen LogP contribution is -2.36. The number of benzene rings is 1. The van der Waals surface area contributed by atoms with Crippen LogP contribution in [0.3, 0.4) is 0 Å². The molecule has 7 heteroatoms. The van der Waals surface area contributed by atoms with Crippen molar-refractivity contribution in [3.8, 4) is 0 Å². The van der Waals surface area contributed by atoms with E-state index in [4.69, 9.17) is 4.74 Å². The molecular formula is C19H26N2O5. The molecule has 0 bridgehead atoms. The van der Waals surface area contributed by atoms with Gasteiger partial charge in [-0.1, -0.05) is 43.2 Å². The van der Waals surface area contributed by atoms with E-state index in [9.17, 15) is 19.7 Å². The average molecular weight is 362 g/mol. The van der Waals surface area contributed by atoms with Gasteiger partial charge in [-0.3, -0.25) is 14.9 Å². The van der Waals surface area contributed by atoms with Crippen molar-refractivity contribution in [3.63, 3.8) is 0 Å². The molecule has 142 valence electrons. The van der Waals surface area contributed by atoms with Gasteiger partial charge in [0, 0.05) is 17.3 Å². The lowest BCUT2D eigenvalue weighted by atomic mass is 9.93. The van der Waals surface area contributed by atoms with Crippen LogP contribution >= 0.6 is 0 Å². The summed E-state index contributed by atoms with van der Waals surface area (Å²) in [6, 6.07) is 5.40. The number of carbonyl (C=O) groups is 2. The normalized spacial score (nSPS) is 18.1. The van der Waals surface area contributed by atoms with Crippen LogP contribution in [0, 0.1) is 35.8 Å². The van der Waals surface area contributed by atoms with Gasteiger partial charge in [-0.2, -0.15) is 0 Å². The average Bonchev–Trinajstić information content (AvgIpc) is 2.86. The van der Waals surface area contributed by atoms with Crippen molar-refractivity contribution >= 4 is 12.0 Å². The van der Waals surface area contributed by atoms with E-state index < -0.39 is 28.9 Å². The Morgan fingerprint density at radius 2 is 1.92 bits per heavy atom. The van der Waals surface area contributed by atoms with Gasteiger partial charge in [-0.05, 0) is 31.7 Å². The lowest BCUT2D eigenvalue weighted by molar-refractivity contribution is -0.488. The summed E-state index contributed by atoms with van der Waals surface area (Å²) >= 11 is 0. The molecule has 2 rings (SSSR count). The molecule has 7 nitrogen and oxygen atoms in total. The maximum atomic E-state index is 12.8. The van der Waals surface area contributed by atoms with Crippen LogP contribution < -0.4 is 0 Å². The van der Waals surface area contributed by atoms with Crippen molar-refractivity contribution in [2.75, 3.05) is 13.2 Å². The number of nitro groups is 1. The smallest absolute Gasteiger partial charge is 0.417 e. The molecule has 1 aromatic carbocycles. The van der Waals surface area contributed by atoms with Crippen molar-refractivity contribution in [2.45, 2.75) is 46.6 Å². The van der Waals surface area contributed by atoms with Gasteiger partial charge in [-0.15, -0.1) is 0 Å². The van der Waals surface area contributed by atoms with Crippen LogP contribution in [-0.4, -0.2) is 35.0 Å². The minimum absolute atomic E-state index is 0.0322. The Labute approximate surface area is 153 Å². The lowest BCUT2D eigenvalue weighted by Gasteiger charge is -2.23. The molecule has 2 atom stereocenters. The predicted molar refractivity (Wildman–Crippen MR) is 96.3 cm³/mol. The molecule has 0 saturated carbocycles. The monoisotopic (exact) mass is 362 g/mol. The standard InChI is InChI=1S/C19H26N2O5/c1-12(2)5-15(10-20(24)25)9-18(22)21-17(11-26-19(21)23)16-7-13(3)6-14(4)8-16/h6-8,12,15,17H,5,9-11H2,1-4H3/t15?,17-/m0/s1. The number of ether oxygens (including phenoxy) is 1. The van der Waals surface area contributed by atoms with Gasteiger partial charge in [0.05, 0.1) is 0 Å². The van der Waals surface area contributed by atoms with E-state index in [2.05, 4.69) is 0 Å². The number of rotatable bonds is 7. The Bertz CT molecular complexity index is 681. The largest absolute Gasteiger partial charge is 0.446 e. The van der Waals surface area contributed by atoms with Crippen molar-refractivity contribution in [1.82, 2.24) is 4.90 Å². The number of cyclic esters (lactones) is 1. The number of hydrogen-bond donors (Lipinski definition) is 0. The Hall–Kier alpha value is -2.44. The maximum Gasteiger partial charge on any atom is 0.417 e. The third-order valence-electron chi connectivity index (χ3n) is 4.45. The van der Waals surface area contributed by atoms with Crippen LogP contribution in [0.4, 0.5) is 4.79 Å². The molecule has 1 aliphatic rings. The summed E-state index contributed by atoms with van der Waals surface area (Å²) in [4.78, 5) is 36.6. The van der Waals surface area contributed by atoms with Crippen LogP contribution in [-0.2, 0) is 9.53 Å². The number of carbonyl (C=O) groups excluding carboxylic acids is 2. The molecule has 0 N–H and O–H groups in total. The third kappa shape index (κ3) is 5.03. The van der Waals surface area contributed by atoms with Crippen molar-refractivity contribution in [1.29, 1.82) is 0 Å². The first kappa shape index (κ1) is 19.9. The highest BCUT2D eigenvalue weighted by Gasteiger charge is 2.40. The van der Waals surface area contributed by atoms with Gasteiger partial charge < -0.3 is 4.74 Å². The van der Waals surface area contributed by atoms with Gasteiger partial charge in [-0.25, -0.2) is 9.69 Å². The molecule has 1 aromatic rings. The zero-order valence-corrected chi connectivity index (χ0v) is 15.7. The molecule has 1 fully saturated rings. The van der Waals surface area contributed by atoms with E-state index in [-0.39, 0.29) is 25.5 Å². The first-order valence-corrected chi connectivity index (χ1v) is 8.86. The van der Waals surface area contributed by atoms with Gasteiger partial charge >= 0.3 is 6.09 Å². The van der Waals surface area contributed by atoms with Crippen molar-refractivity contribution in [2.24, 2.45) is 11.8 Å². The summed E-state index contributed by atoms with van der Waals surface area (Å²) in [5.41, 5.74) is 2.92. The second kappa shape index (κ2) is 8.29. The van der Waals surface area contributed by atoms with Crippen molar-refractivity contribution < 1.29 is 19.2 Å². The molecule has 26 heavy (non-hydrogen) atoms. The molecule has 0 aliphatic carbocycles. The molecule has 0 aromatic heterocycles. The van der Waals surface area contributed by atoms with Crippen LogP contribution in [0.5, 0.6) is 0 Å². The number of amides is 2. The molecule has 0 radical (unpaired) electrons. The van der Waals surface area contributed by atoms with Gasteiger partial charge in [0.15, 0.2) is 0 Å².